The van der Waals surface area contributed by atoms with Crippen LogP contribution in [-0.2, 0) is 16.1 Å². The molecule has 2 amide bonds. The molecule has 1 N–H and O–H groups in total. The van der Waals surface area contributed by atoms with Gasteiger partial charge in [0.05, 0.1) is 12.2 Å². The van der Waals surface area contributed by atoms with E-state index >= 15 is 0 Å². The summed E-state index contributed by atoms with van der Waals surface area (Å²) in [6, 6.07) is 15.5. The Morgan fingerprint density at radius 3 is 2.61 bits per heavy atom. The molecular formula is C24H30N4O3. The van der Waals surface area contributed by atoms with Gasteiger partial charge in [-0.15, -0.1) is 0 Å². The number of carbonyl (C=O) groups is 2. The molecule has 1 saturated heterocycles. The van der Waals surface area contributed by atoms with Gasteiger partial charge < -0.3 is 19.9 Å². The van der Waals surface area contributed by atoms with Crippen molar-refractivity contribution < 1.29 is 14.3 Å². The van der Waals surface area contributed by atoms with Crippen molar-refractivity contribution in [3.8, 4) is 5.75 Å². The maximum absolute atomic E-state index is 12.7. The average Bonchev–Trinajstić information content (AvgIpc) is 2.79. The molecular weight excluding hydrogens is 392 g/mol. The number of likely N-dealkylation sites (N-methyl/N-ethyl adjacent to an activating group) is 1. The molecule has 0 aliphatic carbocycles. The van der Waals surface area contributed by atoms with Crippen molar-refractivity contribution in [3.05, 3.63) is 54.1 Å². The molecule has 0 saturated carbocycles. The third kappa shape index (κ3) is 5.62. The van der Waals surface area contributed by atoms with Crippen LogP contribution in [0.25, 0.3) is 0 Å². The van der Waals surface area contributed by atoms with Crippen LogP contribution in [0.1, 0.15) is 18.4 Å². The minimum atomic E-state index is -0.147. The molecule has 2 aliphatic rings. The van der Waals surface area contributed by atoms with Crippen molar-refractivity contribution in [3.63, 3.8) is 0 Å². The molecule has 4 rings (SSSR count). The van der Waals surface area contributed by atoms with Crippen molar-refractivity contribution in [1.29, 1.82) is 0 Å². The van der Waals surface area contributed by atoms with Crippen LogP contribution in [0.4, 0.5) is 11.4 Å². The fraction of sp³-hybridized carbons (Fsp3) is 0.417. The van der Waals surface area contributed by atoms with Crippen LogP contribution in [0.5, 0.6) is 5.75 Å². The molecule has 0 bridgehead atoms. The zero-order valence-corrected chi connectivity index (χ0v) is 18.0. The van der Waals surface area contributed by atoms with E-state index in [0.717, 1.165) is 44.1 Å². The Hall–Kier alpha value is -2.90. The molecule has 0 radical (unpaired) electrons. The van der Waals surface area contributed by atoms with Gasteiger partial charge in [0.1, 0.15) is 12.4 Å². The monoisotopic (exact) mass is 422 g/mol. The highest BCUT2D eigenvalue weighted by atomic mass is 16.5. The van der Waals surface area contributed by atoms with Gasteiger partial charge in [0.25, 0.3) is 0 Å². The van der Waals surface area contributed by atoms with E-state index in [0.29, 0.717) is 18.9 Å². The smallest absolute Gasteiger partial charge is 0.227 e. The number of nitrogens with zero attached hydrogens (tertiary/aromatic N) is 3. The first kappa shape index (κ1) is 21.3. The van der Waals surface area contributed by atoms with E-state index < -0.39 is 0 Å². The summed E-state index contributed by atoms with van der Waals surface area (Å²) in [5, 5.41) is 2.94. The van der Waals surface area contributed by atoms with Crippen LogP contribution < -0.4 is 15.0 Å². The molecule has 0 atom stereocenters. The molecule has 2 aliphatic heterocycles. The van der Waals surface area contributed by atoms with Crippen molar-refractivity contribution in [2.75, 3.05) is 56.6 Å². The predicted octanol–water partition coefficient (Wildman–Crippen LogP) is 2.58. The van der Waals surface area contributed by atoms with E-state index in [9.17, 15) is 9.59 Å². The lowest BCUT2D eigenvalue weighted by molar-refractivity contribution is -0.122. The van der Waals surface area contributed by atoms with Gasteiger partial charge in [-0.05, 0) is 36.9 Å². The van der Waals surface area contributed by atoms with E-state index in [4.69, 9.17) is 4.74 Å². The molecule has 1 fully saturated rings. The summed E-state index contributed by atoms with van der Waals surface area (Å²) >= 11 is 0. The van der Waals surface area contributed by atoms with Crippen LogP contribution in [0, 0.1) is 0 Å². The topological polar surface area (TPSA) is 65.1 Å². The Kier molecular flexibility index (Phi) is 6.84. The minimum Gasteiger partial charge on any atom is -0.490 e. The number of amides is 2. The molecule has 7 nitrogen and oxygen atoms in total. The quantitative estimate of drug-likeness (QED) is 0.775. The van der Waals surface area contributed by atoms with Crippen LogP contribution >= 0.6 is 0 Å². The Morgan fingerprint density at radius 2 is 1.77 bits per heavy atom. The lowest BCUT2D eigenvalue weighted by Gasteiger charge is -2.32. The van der Waals surface area contributed by atoms with Gasteiger partial charge in [-0.1, -0.05) is 24.3 Å². The first-order chi connectivity index (χ1) is 15.1. The normalized spacial score (nSPS) is 17.0. The lowest BCUT2D eigenvalue weighted by atomic mass is 10.1. The second-order valence-corrected chi connectivity index (χ2v) is 8.19. The van der Waals surface area contributed by atoms with E-state index in [1.54, 1.807) is 4.90 Å². The van der Waals surface area contributed by atoms with E-state index in [1.165, 1.54) is 5.56 Å². The van der Waals surface area contributed by atoms with E-state index in [-0.39, 0.29) is 24.7 Å². The SMILES string of the molecule is CN1CCN(Cc2cccc(NC(=O)CCC(=O)N3CCOc4ccccc43)c2)CC1. The van der Waals surface area contributed by atoms with Crippen molar-refractivity contribution in [2.45, 2.75) is 19.4 Å². The number of hydrogen-bond donors (Lipinski definition) is 1. The maximum Gasteiger partial charge on any atom is 0.227 e. The standard InChI is InChI=1S/C24H30N4O3/c1-26-11-13-27(14-12-26)18-19-5-4-6-20(17-19)25-23(29)9-10-24(30)28-15-16-31-22-8-3-2-7-21(22)28/h2-8,17H,9-16,18H2,1H3,(H,25,29). The summed E-state index contributed by atoms with van der Waals surface area (Å²) in [7, 11) is 2.15. The first-order valence-corrected chi connectivity index (χ1v) is 10.9. The number of ether oxygens (including phenoxy) is 1. The number of piperazine rings is 1. The van der Waals surface area contributed by atoms with Gasteiger partial charge in [-0.2, -0.15) is 0 Å². The zero-order chi connectivity index (χ0) is 21.6. The van der Waals surface area contributed by atoms with Gasteiger partial charge >= 0.3 is 0 Å². The summed E-state index contributed by atoms with van der Waals surface area (Å²) in [4.78, 5) is 31.6. The highest BCUT2D eigenvalue weighted by Crippen LogP contribution is 2.31. The van der Waals surface area contributed by atoms with Crippen LogP contribution in [0.15, 0.2) is 48.5 Å². The molecule has 31 heavy (non-hydrogen) atoms. The Balaban J connectivity index is 1.28. The highest BCUT2D eigenvalue weighted by molar-refractivity contribution is 5.99. The second-order valence-electron chi connectivity index (χ2n) is 8.19. The minimum absolute atomic E-state index is 0.0604. The average molecular weight is 423 g/mol. The number of carbonyl (C=O) groups excluding carboxylic acids is 2. The number of nitrogens with one attached hydrogen (secondary N) is 1. The Morgan fingerprint density at radius 1 is 0.968 bits per heavy atom. The lowest BCUT2D eigenvalue weighted by Crippen LogP contribution is -2.43. The molecule has 2 aromatic carbocycles. The number of fused-ring (bicyclic) bond motifs is 1. The number of anilines is 2. The summed E-state index contributed by atoms with van der Waals surface area (Å²) < 4.78 is 5.60. The number of hydrogen-bond acceptors (Lipinski definition) is 5. The van der Waals surface area contributed by atoms with Crippen molar-refractivity contribution >= 4 is 23.2 Å². The van der Waals surface area contributed by atoms with Crippen molar-refractivity contribution in [1.82, 2.24) is 9.80 Å². The highest BCUT2D eigenvalue weighted by Gasteiger charge is 2.23. The van der Waals surface area contributed by atoms with Gasteiger partial charge in [0.2, 0.25) is 11.8 Å². The van der Waals surface area contributed by atoms with Gasteiger partial charge in [0.15, 0.2) is 0 Å². The molecule has 2 aromatic rings. The molecule has 2 heterocycles. The van der Waals surface area contributed by atoms with Crippen LogP contribution in [-0.4, -0.2) is 68.0 Å². The largest absolute Gasteiger partial charge is 0.490 e. The van der Waals surface area contributed by atoms with Crippen LogP contribution in [0.2, 0.25) is 0 Å². The fourth-order valence-corrected chi connectivity index (χ4v) is 4.02. The van der Waals surface area contributed by atoms with E-state index in [1.807, 2.05) is 42.5 Å². The summed E-state index contributed by atoms with van der Waals surface area (Å²) in [5.74, 6) is 0.505. The summed E-state index contributed by atoms with van der Waals surface area (Å²) in [6.07, 6.45) is 0.322. The van der Waals surface area contributed by atoms with E-state index in [2.05, 4.69) is 28.2 Å². The zero-order valence-electron chi connectivity index (χ0n) is 18.0. The van der Waals surface area contributed by atoms with Gasteiger partial charge in [-0.3, -0.25) is 14.5 Å². The summed E-state index contributed by atoms with van der Waals surface area (Å²) in [6.45, 7) is 6.13. The molecule has 164 valence electrons. The fourth-order valence-electron chi connectivity index (χ4n) is 4.02. The second kappa shape index (κ2) is 9.94. The first-order valence-electron chi connectivity index (χ1n) is 10.9. The molecule has 0 unspecified atom stereocenters. The number of benzene rings is 2. The van der Waals surface area contributed by atoms with Gasteiger partial charge in [-0.25, -0.2) is 0 Å². The Bertz CT molecular complexity index is 925. The Labute approximate surface area is 183 Å². The van der Waals surface area contributed by atoms with Crippen LogP contribution in [0.3, 0.4) is 0 Å². The molecule has 0 spiro atoms. The number of rotatable bonds is 6. The number of para-hydroxylation sites is 2. The molecule has 7 heteroatoms. The summed E-state index contributed by atoms with van der Waals surface area (Å²) in [5.41, 5.74) is 2.74. The molecule has 0 aromatic heterocycles. The van der Waals surface area contributed by atoms with Gasteiger partial charge in [0, 0.05) is 51.3 Å². The van der Waals surface area contributed by atoms with Crippen molar-refractivity contribution in [2.24, 2.45) is 0 Å². The third-order valence-electron chi connectivity index (χ3n) is 5.81. The maximum atomic E-state index is 12.7. The third-order valence-corrected chi connectivity index (χ3v) is 5.81. The predicted molar refractivity (Wildman–Crippen MR) is 121 cm³/mol.